The zero-order chi connectivity index (χ0) is 11.1. The topological polar surface area (TPSA) is 35.5 Å². The van der Waals surface area contributed by atoms with E-state index >= 15 is 0 Å². The van der Waals surface area contributed by atoms with E-state index in [4.69, 9.17) is 9.47 Å². The Balaban J connectivity index is 3.84. The largest absolute Gasteiger partial charge is 0.436 e. The van der Waals surface area contributed by atoms with Crippen LogP contribution in [0.3, 0.4) is 0 Å². The van der Waals surface area contributed by atoms with Gasteiger partial charge in [0, 0.05) is 6.42 Å². The molecule has 0 aromatic rings. The molecule has 0 N–H and O–H groups in total. The molecule has 0 aromatic carbocycles. The van der Waals surface area contributed by atoms with Crippen LogP contribution in [0, 0.1) is 11.8 Å². The smallest absolute Gasteiger partial charge is 0.310 e. The second-order valence-corrected chi connectivity index (χ2v) is 4.16. The summed E-state index contributed by atoms with van der Waals surface area (Å²) in [5.74, 6) is 0.175. The van der Waals surface area contributed by atoms with Crippen LogP contribution in [0.2, 0.25) is 0 Å². The minimum atomic E-state index is -0.382. The first-order valence-electron chi connectivity index (χ1n) is 5.29. The molecule has 84 valence electrons. The molecule has 0 rings (SSSR count). The summed E-state index contributed by atoms with van der Waals surface area (Å²) in [5.41, 5.74) is 0. The highest BCUT2D eigenvalue weighted by Crippen LogP contribution is 2.07. The van der Waals surface area contributed by atoms with Crippen LogP contribution < -0.4 is 0 Å². The molecule has 0 spiro atoms. The second kappa shape index (κ2) is 6.82. The lowest BCUT2D eigenvalue weighted by Crippen LogP contribution is -2.25. The van der Waals surface area contributed by atoms with Crippen molar-refractivity contribution in [3.63, 3.8) is 0 Å². The van der Waals surface area contributed by atoms with Crippen molar-refractivity contribution < 1.29 is 14.3 Å². The minimum absolute atomic E-state index is 0.0910. The second-order valence-electron chi connectivity index (χ2n) is 4.16. The van der Waals surface area contributed by atoms with E-state index in [-0.39, 0.29) is 18.2 Å². The number of rotatable bonds is 6. The molecule has 0 saturated heterocycles. The molecule has 0 bridgehead atoms. The van der Waals surface area contributed by atoms with Gasteiger partial charge in [0.15, 0.2) is 0 Å². The number of ether oxygens (including phenoxy) is 2. The molecule has 0 fully saturated rings. The summed E-state index contributed by atoms with van der Waals surface area (Å²) in [7, 11) is 0. The van der Waals surface area contributed by atoms with Crippen molar-refractivity contribution in [2.75, 3.05) is 6.61 Å². The van der Waals surface area contributed by atoms with Crippen LogP contribution in [-0.2, 0) is 14.3 Å². The molecule has 0 heterocycles. The first-order chi connectivity index (χ1) is 6.47. The van der Waals surface area contributed by atoms with Crippen LogP contribution in [0.25, 0.3) is 0 Å². The lowest BCUT2D eigenvalue weighted by Gasteiger charge is -2.19. The highest BCUT2D eigenvalue weighted by atomic mass is 16.7. The van der Waals surface area contributed by atoms with Gasteiger partial charge in [-0.15, -0.1) is 0 Å². The normalized spacial score (nSPS) is 13.4. The Morgan fingerprint density at radius 3 is 2.14 bits per heavy atom. The summed E-state index contributed by atoms with van der Waals surface area (Å²) in [6, 6.07) is 0. The molecule has 0 aliphatic rings. The molecule has 0 aliphatic heterocycles. The first-order valence-corrected chi connectivity index (χ1v) is 5.29. The van der Waals surface area contributed by atoms with Crippen molar-refractivity contribution >= 4 is 5.97 Å². The van der Waals surface area contributed by atoms with Crippen molar-refractivity contribution in [3.8, 4) is 0 Å². The lowest BCUT2D eigenvalue weighted by molar-refractivity contribution is -0.184. The van der Waals surface area contributed by atoms with E-state index in [1.54, 1.807) is 0 Å². The van der Waals surface area contributed by atoms with Gasteiger partial charge in [-0.1, -0.05) is 34.6 Å². The SMILES string of the molecule is CCC(OCC(C)C)OC(=O)C(C)C. The Labute approximate surface area is 86.8 Å². The van der Waals surface area contributed by atoms with Gasteiger partial charge in [0.05, 0.1) is 12.5 Å². The van der Waals surface area contributed by atoms with Crippen LogP contribution in [0.1, 0.15) is 41.0 Å². The third-order valence-corrected chi connectivity index (χ3v) is 1.67. The van der Waals surface area contributed by atoms with E-state index in [1.165, 1.54) is 0 Å². The Hall–Kier alpha value is -0.570. The maximum Gasteiger partial charge on any atom is 0.310 e. The van der Waals surface area contributed by atoms with E-state index in [9.17, 15) is 4.79 Å². The molecule has 14 heavy (non-hydrogen) atoms. The average molecular weight is 202 g/mol. The molecule has 1 unspecified atom stereocenters. The van der Waals surface area contributed by atoms with E-state index in [1.807, 2.05) is 20.8 Å². The third kappa shape index (κ3) is 5.97. The molecule has 3 nitrogen and oxygen atoms in total. The number of carbonyl (C=O) groups excluding carboxylic acids is 1. The highest BCUT2D eigenvalue weighted by Gasteiger charge is 2.15. The van der Waals surface area contributed by atoms with Crippen LogP contribution in [0.5, 0.6) is 0 Å². The standard InChI is InChI=1S/C11H22O3/c1-6-10(13-7-8(2)3)14-11(12)9(4)5/h8-10H,6-7H2,1-5H3. The van der Waals surface area contributed by atoms with E-state index in [0.29, 0.717) is 18.9 Å². The van der Waals surface area contributed by atoms with Crippen LogP contribution in [-0.4, -0.2) is 18.9 Å². The monoisotopic (exact) mass is 202 g/mol. The van der Waals surface area contributed by atoms with Gasteiger partial charge in [-0.05, 0) is 5.92 Å². The quantitative estimate of drug-likeness (QED) is 0.490. The Morgan fingerprint density at radius 2 is 1.79 bits per heavy atom. The molecule has 0 saturated carbocycles. The fourth-order valence-corrected chi connectivity index (χ4v) is 0.801. The van der Waals surface area contributed by atoms with Gasteiger partial charge < -0.3 is 9.47 Å². The van der Waals surface area contributed by atoms with Crippen molar-refractivity contribution in [1.29, 1.82) is 0 Å². The van der Waals surface area contributed by atoms with Gasteiger partial charge in [-0.3, -0.25) is 4.79 Å². The van der Waals surface area contributed by atoms with E-state index < -0.39 is 0 Å². The molecule has 3 heteroatoms. The van der Waals surface area contributed by atoms with E-state index in [0.717, 1.165) is 0 Å². The van der Waals surface area contributed by atoms with Crippen molar-refractivity contribution in [2.24, 2.45) is 11.8 Å². The number of carbonyl (C=O) groups is 1. The lowest BCUT2D eigenvalue weighted by atomic mass is 10.2. The van der Waals surface area contributed by atoms with Gasteiger partial charge in [-0.25, -0.2) is 0 Å². The maximum absolute atomic E-state index is 11.3. The summed E-state index contributed by atoms with van der Waals surface area (Å²) in [4.78, 5) is 11.3. The molecule has 0 amide bonds. The van der Waals surface area contributed by atoms with Crippen molar-refractivity contribution in [3.05, 3.63) is 0 Å². The van der Waals surface area contributed by atoms with Crippen molar-refractivity contribution in [2.45, 2.75) is 47.3 Å². The molecular formula is C11H22O3. The summed E-state index contributed by atoms with van der Waals surface area (Å²) in [6.45, 7) is 10.3. The Morgan fingerprint density at radius 1 is 1.21 bits per heavy atom. The highest BCUT2D eigenvalue weighted by molar-refractivity contribution is 5.71. The minimum Gasteiger partial charge on any atom is -0.436 e. The Kier molecular flexibility index (Phi) is 6.54. The Bertz CT molecular complexity index is 164. The van der Waals surface area contributed by atoms with Gasteiger partial charge in [0.1, 0.15) is 0 Å². The predicted octanol–water partition coefficient (Wildman–Crippen LogP) is 2.59. The van der Waals surface area contributed by atoms with Crippen molar-refractivity contribution in [1.82, 2.24) is 0 Å². The predicted molar refractivity (Wildman–Crippen MR) is 55.8 cm³/mol. The van der Waals surface area contributed by atoms with Gasteiger partial charge >= 0.3 is 5.97 Å². The van der Waals surface area contributed by atoms with Gasteiger partial charge in [0.25, 0.3) is 0 Å². The molecule has 0 aliphatic carbocycles. The van der Waals surface area contributed by atoms with Crippen LogP contribution in [0.15, 0.2) is 0 Å². The number of hydrogen-bond donors (Lipinski definition) is 0. The fraction of sp³-hybridized carbons (Fsp3) is 0.909. The molecular weight excluding hydrogens is 180 g/mol. The average Bonchev–Trinajstić information content (AvgIpc) is 2.11. The molecule has 0 radical (unpaired) electrons. The number of hydrogen-bond acceptors (Lipinski definition) is 3. The maximum atomic E-state index is 11.3. The summed E-state index contributed by atoms with van der Waals surface area (Å²) >= 11 is 0. The van der Waals surface area contributed by atoms with Gasteiger partial charge in [0.2, 0.25) is 6.29 Å². The number of esters is 1. The van der Waals surface area contributed by atoms with Gasteiger partial charge in [-0.2, -0.15) is 0 Å². The summed E-state index contributed by atoms with van der Waals surface area (Å²) in [5, 5.41) is 0. The summed E-state index contributed by atoms with van der Waals surface area (Å²) in [6.07, 6.45) is 0.317. The zero-order valence-electron chi connectivity index (χ0n) is 9.87. The van der Waals surface area contributed by atoms with E-state index in [2.05, 4.69) is 13.8 Å². The summed E-state index contributed by atoms with van der Waals surface area (Å²) < 4.78 is 10.6. The zero-order valence-corrected chi connectivity index (χ0v) is 9.87. The molecule has 0 aromatic heterocycles. The third-order valence-electron chi connectivity index (χ3n) is 1.67. The van der Waals surface area contributed by atoms with Crippen LogP contribution in [0.4, 0.5) is 0 Å². The van der Waals surface area contributed by atoms with Crippen LogP contribution >= 0.6 is 0 Å². The molecule has 1 atom stereocenters. The fourth-order valence-electron chi connectivity index (χ4n) is 0.801. The first kappa shape index (κ1) is 13.4.